The molecule has 0 fully saturated rings. The number of nitrogens with zero attached hydrogens (tertiary/aromatic N) is 1. The van der Waals surface area contributed by atoms with Crippen molar-refractivity contribution in [1.29, 1.82) is 5.26 Å². The zero-order valence-electron chi connectivity index (χ0n) is 6.12. The van der Waals surface area contributed by atoms with Crippen LogP contribution in [0.5, 0.6) is 0 Å². The molecule has 1 rings (SSSR count). The predicted molar refractivity (Wildman–Crippen MR) is 43.4 cm³/mol. The molecule has 1 atom stereocenters. The Kier molecular flexibility index (Phi) is 2.25. The third-order valence-corrected chi connectivity index (χ3v) is 1.47. The van der Waals surface area contributed by atoms with Gasteiger partial charge in [-0.05, 0) is 24.6 Å². The molecule has 0 heterocycles. The SMILES string of the molecule is [CH2]C(N)c1ccc(C#N)cc1. The Hall–Kier alpha value is -1.33. The molecule has 2 N–H and O–H groups in total. The molecule has 0 spiro atoms. The third-order valence-electron chi connectivity index (χ3n) is 1.47. The summed E-state index contributed by atoms with van der Waals surface area (Å²) in [6, 6.07) is 8.93. The van der Waals surface area contributed by atoms with E-state index < -0.39 is 0 Å². The average Bonchev–Trinajstić information content (AvgIpc) is 2.05. The van der Waals surface area contributed by atoms with Gasteiger partial charge < -0.3 is 5.73 Å². The molecular formula is C9H9N2. The lowest BCUT2D eigenvalue weighted by molar-refractivity contribution is 0.907. The molecule has 0 saturated carbocycles. The number of benzene rings is 1. The van der Waals surface area contributed by atoms with Gasteiger partial charge in [-0.1, -0.05) is 12.1 Å². The van der Waals surface area contributed by atoms with Crippen LogP contribution in [0, 0.1) is 18.3 Å². The van der Waals surface area contributed by atoms with Crippen molar-refractivity contribution in [3.63, 3.8) is 0 Å². The van der Waals surface area contributed by atoms with E-state index in [1.165, 1.54) is 0 Å². The van der Waals surface area contributed by atoms with Crippen LogP contribution in [0.1, 0.15) is 17.2 Å². The first-order valence-electron chi connectivity index (χ1n) is 3.33. The molecule has 0 aromatic heterocycles. The molecule has 0 bridgehead atoms. The summed E-state index contributed by atoms with van der Waals surface area (Å²) in [6.07, 6.45) is 0. The maximum absolute atomic E-state index is 8.47. The molecule has 55 valence electrons. The van der Waals surface area contributed by atoms with E-state index in [0.717, 1.165) is 5.56 Å². The Balaban J connectivity index is 2.94. The van der Waals surface area contributed by atoms with Crippen molar-refractivity contribution >= 4 is 0 Å². The summed E-state index contributed by atoms with van der Waals surface area (Å²) in [5, 5.41) is 8.47. The normalized spacial score (nSPS) is 12.1. The average molecular weight is 145 g/mol. The van der Waals surface area contributed by atoms with Crippen molar-refractivity contribution in [2.45, 2.75) is 6.04 Å². The maximum Gasteiger partial charge on any atom is 0.0991 e. The quantitative estimate of drug-likeness (QED) is 0.649. The first-order valence-corrected chi connectivity index (χ1v) is 3.33. The highest BCUT2D eigenvalue weighted by molar-refractivity contribution is 5.32. The van der Waals surface area contributed by atoms with Crippen LogP contribution in [0.2, 0.25) is 0 Å². The fourth-order valence-corrected chi connectivity index (χ4v) is 0.805. The monoisotopic (exact) mass is 145 g/mol. The Labute approximate surface area is 66.3 Å². The maximum atomic E-state index is 8.47. The van der Waals surface area contributed by atoms with Gasteiger partial charge in [0.15, 0.2) is 0 Å². The molecule has 1 aromatic carbocycles. The van der Waals surface area contributed by atoms with Crippen LogP contribution in [0.15, 0.2) is 24.3 Å². The van der Waals surface area contributed by atoms with Crippen molar-refractivity contribution in [3.05, 3.63) is 42.3 Å². The predicted octanol–water partition coefficient (Wildman–Crippen LogP) is 1.39. The van der Waals surface area contributed by atoms with Gasteiger partial charge in [0.05, 0.1) is 11.6 Å². The zero-order chi connectivity index (χ0) is 8.27. The van der Waals surface area contributed by atoms with Gasteiger partial charge in [-0.2, -0.15) is 5.26 Å². The summed E-state index contributed by atoms with van der Waals surface area (Å²) in [6.45, 7) is 3.66. The number of rotatable bonds is 1. The van der Waals surface area contributed by atoms with Gasteiger partial charge in [-0.25, -0.2) is 0 Å². The highest BCUT2D eigenvalue weighted by Gasteiger charge is 1.97. The molecule has 0 aliphatic carbocycles. The Morgan fingerprint density at radius 2 is 1.91 bits per heavy atom. The van der Waals surface area contributed by atoms with Crippen molar-refractivity contribution in [2.24, 2.45) is 5.73 Å². The van der Waals surface area contributed by atoms with E-state index in [1.54, 1.807) is 12.1 Å². The lowest BCUT2D eigenvalue weighted by Crippen LogP contribution is -2.04. The van der Waals surface area contributed by atoms with E-state index in [0.29, 0.717) is 5.56 Å². The van der Waals surface area contributed by atoms with Crippen molar-refractivity contribution in [3.8, 4) is 6.07 Å². The second-order valence-corrected chi connectivity index (χ2v) is 2.34. The second-order valence-electron chi connectivity index (χ2n) is 2.34. The summed E-state index contributed by atoms with van der Waals surface area (Å²) in [7, 11) is 0. The smallest absolute Gasteiger partial charge is 0.0991 e. The first kappa shape index (κ1) is 7.77. The lowest BCUT2D eigenvalue weighted by atomic mass is 10.1. The molecule has 1 radical (unpaired) electrons. The molecule has 1 aromatic rings. The molecule has 0 saturated heterocycles. The van der Waals surface area contributed by atoms with Crippen LogP contribution < -0.4 is 5.73 Å². The third kappa shape index (κ3) is 1.79. The highest BCUT2D eigenvalue weighted by Crippen LogP contribution is 2.09. The molecule has 0 aliphatic rings. The van der Waals surface area contributed by atoms with Gasteiger partial charge in [0, 0.05) is 6.04 Å². The van der Waals surface area contributed by atoms with Crippen molar-refractivity contribution in [2.75, 3.05) is 0 Å². The summed E-state index contributed by atoms with van der Waals surface area (Å²) < 4.78 is 0. The van der Waals surface area contributed by atoms with Crippen LogP contribution in [0.4, 0.5) is 0 Å². The number of nitrogens with two attached hydrogens (primary N) is 1. The van der Waals surface area contributed by atoms with E-state index in [2.05, 4.69) is 6.92 Å². The van der Waals surface area contributed by atoms with Crippen LogP contribution >= 0.6 is 0 Å². The largest absolute Gasteiger partial charge is 0.324 e. The Morgan fingerprint density at radius 1 is 1.36 bits per heavy atom. The van der Waals surface area contributed by atoms with Gasteiger partial charge in [-0.3, -0.25) is 0 Å². The van der Waals surface area contributed by atoms with E-state index >= 15 is 0 Å². The van der Waals surface area contributed by atoms with E-state index in [9.17, 15) is 0 Å². The lowest BCUT2D eigenvalue weighted by Gasteiger charge is -2.03. The summed E-state index contributed by atoms with van der Waals surface area (Å²) in [5.74, 6) is 0. The Bertz CT molecular complexity index is 267. The van der Waals surface area contributed by atoms with Gasteiger partial charge >= 0.3 is 0 Å². The topological polar surface area (TPSA) is 49.8 Å². The minimum Gasteiger partial charge on any atom is -0.324 e. The van der Waals surface area contributed by atoms with Crippen molar-refractivity contribution < 1.29 is 0 Å². The molecule has 2 heteroatoms. The molecule has 11 heavy (non-hydrogen) atoms. The standard InChI is InChI=1S/C9H9N2/c1-7(11)9-4-2-8(6-10)3-5-9/h2-5,7H,1,11H2. The van der Waals surface area contributed by atoms with E-state index in [-0.39, 0.29) is 6.04 Å². The summed E-state index contributed by atoms with van der Waals surface area (Å²) >= 11 is 0. The van der Waals surface area contributed by atoms with E-state index in [1.807, 2.05) is 18.2 Å². The minimum absolute atomic E-state index is 0.206. The highest BCUT2D eigenvalue weighted by atomic mass is 14.6. The molecule has 0 amide bonds. The van der Waals surface area contributed by atoms with E-state index in [4.69, 9.17) is 11.0 Å². The van der Waals surface area contributed by atoms with Crippen LogP contribution in [0.25, 0.3) is 0 Å². The number of hydrogen-bond acceptors (Lipinski definition) is 2. The van der Waals surface area contributed by atoms with Crippen LogP contribution in [-0.2, 0) is 0 Å². The fourth-order valence-electron chi connectivity index (χ4n) is 0.805. The second kappa shape index (κ2) is 3.18. The van der Waals surface area contributed by atoms with Gasteiger partial charge in [0.1, 0.15) is 0 Å². The van der Waals surface area contributed by atoms with Crippen LogP contribution in [-0.4, -0.2) is 0 Å². The minimum atomic E-state index is -0.206. The van der Waals surface area contributed by atoms with Gasteiger partial charge in [-0.15, -0.1) is 0 Å². The summed E-state index contributed by atoms with van der Waals surface area (Å²) in [4.78, 5) is 0. The first-order chi connectivity index (χ1) is 5.24. The molecule has 0 aliphatic heterocycles. The fraction of sp³-hybridized carbons (Fsp3) is 0.111. The number of nitriles is 1. The molecular weight excluding hydrogens is 136 g/mol. The number of hydrogen-bond donors (Lipinski definition) is 1. The van der Waals surface area contributed by atoms with Crippen molar-refractivity contribution in [1.82, 2.24) is 0 Å². The van der Waals surface area contributed by atoms with Gasteiger partial charge in [0.25, 0.3) is 0 Å². The Morgan fingerprint density at radius 3 is 2.27 bits per heavy atom. The zero-order valence-corrected chi connectivity index (χ0v) is 6.12. The summed E-state index contributed by atoms with van der Waals surface area (Å²) in [5.41, 5.74) is 7.11. The van der Waals surface area contributed by atoms with Gasteiger partial charge in [0.2, 0.25) is 0 Å². The molecule has 2 nitrogen and oxygen atoms in total. The molecule has 1 unspecified atom stereocenters. The van der Waals surface area contributed by atoms with Crippen LogP contribution in [0.3, 0.4) is 0 Å².